The Labute approximate surface area is 369 Å². The van der Waals surface area contributed by atoms with Crippen molar-refractivity contribution in [3.8, 4) is 0 Å². The lowest BCUT2D eigenvalue weighted by Crippen LogP contribution is -2.36. The van der Waals surface area contributed by atoms with E-state index in [2.05, 4.69) is 72.8 Å². The lowest BCUT2D eigenvalue weighted by Gasteiger charge is -2.30. The van der Waals surface area contributed by atoms with Gasteiger partial charge < -0.3 is 47.5 Å². The lowest BCUT2D eigenvalue weighted by molar-refractivity contribution is -0.870. The van der Waals surface area contributed by atoms with Gasteiger partial charge in [-0.05, 0) is 38.5 Å². The third-order valence-corrected chi connectivity index (χ3v) is 10.3. The van der Waals surface area contributed by atoms with Crippen LogP contribution in [0.25, 0.3) is 0 Å². The molecule has 0 aromatic heterocycles. The molecule has 60 heavy (non-hydrogen) atoms. The largest absolute Gasteiger partial charge is 0.790 e. The molecule has 0 rings (SSSR count). The second-order valence-corrected chi connectivity index (χ2v) is 19.5. The van der Waals surface area contributed by atoms with Crippen molar-refractivity contribution in [3.63, 3.8) is 0 Å². The molecule has 0 aromatic carbocycles. The molecule has 0 aromatic rings. The maximum absolute atomic E-state index is 12.3. The standard InChI is InChI=1S/C37H71O8P.2C5H14NO/c1-3-5-7-9-11-13-15-17-18-20-22-24-26-28-30-32-37(39)45-35(34-44-46(40,41)42)33-43-36(38)31-29-27-25-23-21-19-16-14-12-10-8-6-4-2;2*1-6(2,3)4-5-7/h17-18,35H,3-16,19-34H2,1-2H3,(H2,40,41,42);2*7H,4-5H2,1-3H3/q;2*+1/p-2/b18-17-;;/t35-;;/m1../s1. The summed E-state index contributed by atoms with van der Waals surface area (Å²) in [6, 6.07) is 0. The SMILES string of the molecule is CCCCCCCC/C=C\CCCCCCCC(=O)O[C@H](COC(=O)CCCCCCCCCCCCCCC)COP(=O)([O-])[O-].C[N+](C)(C)CCO.C[N+](C)(C)CCO. The molecule has 2 N–H and O–H groups in total. The van der Waals surface area contributed by atoms with Gasteiger partial charge in [0.2, 0.25) is 0 Å². The first kappa shape index (κ1) is 62.9. The number of esters is 2. The molecule has 0 spiro atoms. The Kier molecular flexibility index (Phi) is 46.4. The van der Waals surface area contributed by atoms with E-state index in [-0.39, 0.29) is 32.7 Å². The van der Waals surface area contributed by atoms with Gasteiger partial charge in [0.05, 0.1) is 69.9 Å². The van der Waals surface area contributed by atoms with Crippen molar-refractivity contribution >= 4 is 19.8 Å². The molecular formula is C47H97N2O10P. The maximum Gasteiger partial charge on any atom is 0.306 e. The predicted octanol–water partition coefficient (Wildman–Crippen LogP) is 9.18. The van der Waals surface area contributed by atoms with E-state index in [1.165, 1.54) is 109 Å². The number of aliphatic hydroxyl groups excluding tert-OH is 2. The molecule has 0 amide bonds. The first-order chi connectivity index (χ1) is 28.4. The van der Waals surface area contributed by atoms with Gasteiger partial charge in [-0.2, -0.15) is 0 Å². The average molecular weight is 881 g/mol. The Morgan fingerprint density at radius 3 is 1.18 bits per heavy atom. The molecule has 0 heterocycles. The van der Waals surface area contributed by atoms with Crippen LogP contribution in [0.1, 0.15) is 194 Å². The molecule has 0 fully saturated rings. The van der Waals surface area contributed by atoms with E-state index in [4.69, 9.17) is 19.7 Å². The molecule has 0 unspecified atom stereocenters. The van der Waals surface area contributed by atoms with Crippen molar-refractivity contribution < 1.29 is 57.1 Å². The summed E-state index contributed by atoms with van der Waals surface area (Å²) in [5, 5.41) is 16.8. The van der Waals surface area contributed by atoms with Gasteiger partial charge in [0.1, 0.15) is 19.7 Å². The minimum atomic E-state index is -5.24. The summed E-state index contributed by atoms with van der Waals surface area (Å²) in [7, 11) is 7.07. The molecule has 0 bridgehead atoms. The number of phosphoric ester groups is 1. The molecule has 0 saturated heterocycles. The van der Waals surface area contributed by atoms with Crippen molar-refractivity contribution in [2.75, 3.05) is 81.8 Å². The quantitative estimate of drug-likeness (QED) is 0.0200. The Morgan fingerprint density at radius 1 is 0.533 bits per heavy atom. The number of quaternary nitrogens is 2. The van der Waals surface area contributed by atoms with Crippen LogP contribution in [-0.4, -0.2) is 119 Å². The second kappa shape index (κ2) is 44.2. The molecule has 0 saturated carbocycles. The molecule has 1 atom stereocenters. The second-order valence-electron chi connectivity index (χ2n) is 18.3. The number of carbonyl (C=O) groups is 2. The number of nitrogens with zero attached hydrogens (tertiary/aromatic N) is 2. The fourth-order valence-electron chi connectivity index (χ4n) is 6.02. The maximum atomic E-state index is 12.3. The highest BCUT2D eigenvalue weighted by Gasteiger charge is 2.18. The molecule has 12 nitrogen and oxygen atoms in total. The molecule has 0 aliphatic carbocycles. The van der Waals surface area contributed by atoms with Crippen molar-refractivity contribution in [2.24, 2.45) is 0 Å². The van der Waals surface area contributed by atoms with Crippen LogP contribution in [0.3, 0.4) is 0 Å². The van der Waals surface area contributed by atoms with E-state index in [0.29, 0.717) is 12.8 Å². The van der Waals surface area contributed by atoms with Gasteiger partial charge in [0.15, 0.2) is 6.10 Å². The van der Waals surface area contributed by atoms with Crippen molar-refractivity contribution in [3.05, 3.63) is 12.2 Å². The first-order valence-corrected chi connectivity index (χ1v) is 25.4. The topological polar surface area (TPSA) is 165 Å². The number of hydrogen-bond donors (Lipinski definition) is 2. The highest BCUT2D eigenvalue weighted by molar-refractivity contribution is 7.43. The number of unbranched alkanes of at least 4 members (excludes halogenated alkanes) is 23. The van der Waals surface area contributed by atoms with E-state index in [0.717, 1.165) is 67.0 Å². The van der Waals surface area contributed by atoms with E-state index in [1.54, 1.807) is 0 Å². The van der Waals surface area contributed by atoms with Gasteiger partial charge in [-0.15, -0.1) is 0 Å². The summed E-state index contributed by atoms with van der Waals surface area (Å²) in [6.45, 7) is 5.71. The van der Waals surface area contributed by atoms with Crippen molar-refractivity contribution in [1.82, 2.24) is 0 Å². The van der Waals surface area contributed by atoms with Crippen molar-refractivity contribution in [2.45, 2.75) is 200 Å². The van der Waals surface area contributed by atoms with E-state index in [9.17, 15) is 23.9 Å². The Hall–Kier alpha value is -1.37. The zero-order chi connectivity index (χ0) is 45.8. The number of hydrogen-bond acceptors (Lipinski definition) is 10. The molecule has 360 valence electrons. The highest BCUT2D eigenvalue weighted by Crippen LogP contribution is 2.25. The summed E-state index contributed by atoms with van der Waals surface area (Å²) in [6.07, 6.45) is 34.6. The molecule has 0 aliphatic rings. The third kappa shape index (κ3) is 60.9. The van der Waals surface area contributed by atoms with Crippen LogP contribution in [0, 0.1) is 0 Å². The van der Waals surface area contributed by atoms with Gasteiger partial charge in [-0.25, -0.2) is 0 Å². The number of ether oxygens (including phenoxy) is 2. The number of aliphatic hydroxyl groups is 2. The minimum absolute atomic E-state index is 0.175. The Morgan fingerprint density at radius 2 is 0.867 bits per heavy atom. The van der Waals surface area contributed by atoms with Crippen molar-refractivity contribution in [1.29, 1.82) is 0 Å². The van der Waals surface area contributed by atoms with Crippen LogP contribution in [0.5, 0.6) is 0 Å². The number of rotatable bonds is 39. The third-order valence-electron chi connectivity index (χ3n) is 9.82. The minimum Gasteiger partial charge on any atom is -0.790 e. The lowest BCUT2D eigenvalue weighted by atomic mass is 10.0. The fraction of sp³-hybridized carbons (Fsp3) is 0.915. The van der Waals surface area contributed by atoms with Crippen LogP contribution >= 0.6 is 7.82 Å². The van der Waals surface area contributed by atoms with Gasteiger partial charge in [0, 0.05) is 12.8 Å². The van der Waals surface area contributed by atoms with Gasteiger partial charge >= 0.3 is 11.9 Å². The predicted molar refractivity (Wildman–Crippen MR) is 244 cm³/mol. The van der Waals surface area contributed by atoms with E-state index < -0.39 is 32.5 Å². The van der Waals surface area contributed by atoms with Gasteiger partial charge in [-0.3, -0.25) is 9.59 Å². The van der Waals surface area contributed by atoms with Crippen LogP contribution in [-0.2, 0) is 28.2 Å². The summed E-state index contributed by atoms with van der Waals surface area (Å²) in [5.74, 6) is -0.959. The van der Waals surface area contributed by atoms with E-state index in [1.807, 2.05) is 0 Å². The first-order valence-electron chi connectivity index (χ1n) is 23.9. The molecule has 0 aliphatic heterocycles. The monoisotopic (exact) mass is 881 g/mol. The summed E-state index contributed by atoms with van der Waals surface area (Å²) in [4.78, 5) is 46.4. The number of likely N-dealkylation sites (N-methyl/N-ethyl adjacent to an activating group) is 2. The zero-order valence-corrected chi connectivity index (χ0v) is 41.2. The molecule has 0 radical (unpaired) electrons. The average Bonchev–Trinajstić information content (AvgIpc) is 3.15. The number of allylic oxidation sites excluding steroid dienone is 2. The van der Waals surface area contributed by atoms with Gasteiger partial charge in [0.25, 0.3) is 0 Å². The normalized spacial score (nSPS) is 12.4. The van der Waals surface area contributed by atoms with Crippen LogP contribution in [0.15, 0.2) is 12.2 Å². The molecular weight excluding hydrogens is 783 g/mol. The summed E-state index contributed by atoms with van der Waals surface area (Å²) < 4.78 is 27.4. The van der Waals surface area contributed by atoms with Gasteiger partial charge in [-0.1, -0.05) is 154 Å². The Bertz CT molecular complexity index is 995. The fourth-order valence-corrected chi connectivity index (χ4v) is 6.37. The van der Waals surface area contributed by atoms with E-state index >= 15 is 0 Å². The van der Waals surface area contributed by atoms with Crippen LogP contribution in [0.2, 0.25) is 0 Å². The highest BCUT2D eigenvalue weighted by atomic mass is 31.2. The Balaban J connectivity index is -0.00000196. The van der Waals surface area contributed by atoms with Crippen LogP contribution < -0.4 is 9.79 Å². The summed E-state index contributed by atoms with van der Waals surface area (Å²) in [5.41, 5.74) is 0. The smallest absolute Gasteiger partial charge is 0.306 e. The number of phosphoric acid groups is 1. The zero-order valence-electron chi connectivity index (χ0n) is 40.3. The van der Waals surface area contributed by atoms with Crippen LogP contribution in [0.4, 0.5) is 0 Å². The number of carbonyl (C=O) groups excluding carboxylic acids is 2. The molecule has 13 heteroatoms. The summed E-state index contributed by atoms with van der Waals surface area (Å²) >= 11 is 0.